The van der Waals surface area contributed by atoms with E-state index in [1.54, 1.807) is 11.3 Å². The fourth-order valence-electron chi connectivity index (χ4n) is 2.45. The molecule has 1 atom stereocenters. The molecule has 1 aliphatic rings. The fraction of sp³-hybridized carbons (Fsp3) is 0.667. The van der Waals surface area contributed by atoms with Gasteiger partial charge in [0.15, 0.2) is 0 Å². The Hall–Kier alpha value is 0.140. The van der Waals surface area contributed by atoms with Crippen LogP contribution < -0.4 is 0 Å². The van der Waals surface area contributed by atoms with Gasteiger partial charge in [-0.05, 0) is 46.3 Å². The predicted octanol–water partition coefficient (Wildman–Crippen LogP) is 4.51. The smallest absolute Gasteiger partial charge is 0.0935 e. The summed E-state index contributed by atoms with van der Waals surface area (Å²) in [7, 11) is 0. The van der Waals surface area contributed by atoms with Crippen molar-refractivity contribution in [1.29, 1.82) is 0 Å². The minimum absolute atomic E-state index is 0.0997. The van der Waals surface area contributed by atoms with Crippen molar-refractivity contribution in [3.63, 3.8) is 0 Å². The number of thiophene rings is 1. The van der Waals surface area contributed by atoms with Crippen LogP contribution >= 0.6 is 27.3 Å². The average molecular weight is 289 g/mol. The molecule has 1 saturated carbocycles. The number of hydrogen-bond acceptors (Lipinski definition) is 2. The molecule has 84 valence electrons. The summed E-state index contributed by atoms with van der Waals surface area (Å²) < 4.78 is 1.11. The first-order chi connectivity index (χ1) is 7.12. The van der Waals surface area contributed by atoms with Crippen LogP contribution in [0.3, 0.4) is 0 Å². The van der Waals surface area contributed by atoms with Gasteiger partial charge in [-0.2, -0.15) is 0 Å². The van der Waals surface area contributed by atoms with Crippen LogP contribution in [0.5, 0.6) is 0 Å². The van der Waals surface area contributed by atoms with E-state index in [1.165, 1.54) is 19.3 Å². The van der Waals surface area contributed by atoms with Gasteiger partial charge in [0.1, 0.15) is 0 Å². The van der Waals surface area contributed by atoms with Crippen LogP contribution in [0.1, 0.15) is 50.0 Å². The molecule has 1 aromatic rings. The quantitative estimate of drug-likeness (QED) is 0.849. The molecule has 0 saturated heterocycles. The largest absolute Gasteiger partial charge is 0.387 e. The molecule has 1 nitrogen and oxygen atoms in total. The van der Waals surface area contributed by atoms with Gasteiger partial charge in [0.2, 0.25) is 0 Å². The maximum absolute atomic E-state index is 10.4. The molecule has 0 aromatic carbocycles. The lowest BCUT2D eigenvalue weighted by Crippen LogP contribution is -2.27. The van der Waals surface area contributed by atoms with E-state index >= 15 is 0 Å². The molecule has 1 N–H and O–H groups in total. The van der Waals surface area contributed by atoms with Crippen molar-refractivity contribution in [3.8, 4) is 0 Å². The predicted molar refractivity (Wildman–Crippen MR) is 68.2 cm³/mol. The molecule has 1 unspecified atom stereocenters. The molecule has 0 bridgehead atoms. The van der Waals surface area contributed by atoms with Crippen LogP contribution in [-0.2, 0) is 0 Å². The first-order valence-corrected chi connectivity index (χ1v) is 7.16. The lowest BCUT2D eigenvalue weighted by Gasteiger charge is -2.37. The van der Waals surface area contributed by atoms with Gasteiger partial charge in [0.05, 0.1) is 9.89 Å². The Kier molecular flexibility index (Phi) is 3.53. The molecule has 0 radical (unpaired) electrons. The highest BCUT2D eigenvalue weighted by Crippen LogP contribution is 2.47. The highest BCUT2D eigenvalue weighted by molar-refractivity contribution is 9.11. The highest BCUT2D eigenvalue weighted by atomic mass is 79.9. The topological polar surface area (TPSA) is 20.2 Å². The van der Waals surface area contributed by atoms with Crippen molar-refractivity contribution in [1.82, 2.24) is 0 Å². The van der Waals surface area contributed by atoms with Gasteiger partial charge in [-0.3, -0.25) is 0 Å². The summed E-state index contributed by atoms with van der Waals surface area (Å²) in [4.78, 5) is 1.10. The molecule has 0 aliphatic heterocycles. The maximum Gasteiger partial charge on any atom is 0.0935 e. The lowest BCUT2D eigenvalue weighted by molar-refractivity contribution is 0.0107. The van der Waals surface area contributed by atoms with Crippen molar-refractivity contribution < 1.29 is 5.11 Å². The fourth-order valence-corrected chi connectivity index (χ4v) is 4.04. The summed E-state index contributed by atoms with van der Waals surface area (Å²) in [6, 6.07) is 4.06. The summed E-state index contributed by atoms with van der Waals surface area (Å²) in [5.41, 5.74) is 0.0997. The third-order valence-corrected chi connectivity index (χ3v) is 5.20. The second-order valence-corrected chi connectivity index (χ2v) is 7.25. The number of halogens is 1. The summed E-state index contributed by atoms with van der Waals surface area (Å²) >= 11 is 5.10. The number of rotatable bonds is 2. The first-order valence-electron chi connectivity index (χ1n) is 5.55. The van der Waals surface area contributed by atoms with Crippen LogP contribution in [0.25, 0.3) is 0 Å². The Balaban J connectivity index is 2.15. The molecular formula is C12H17BrOS. The van der Waals surface area contributed by atoms with Gasteiger partial charge < -0.3 is 5.11 Å². The van der Waals surface area contributed by atoms with Crippen LogP contribution in [-0.4, -0.2) is 5.11 Å². The Morgan fingerprint density at radius 3 is 2.53 bits per heavy atom. The molecule has 2 rings (SSSR count). The van der Waals surface area contributed by atoms with E-state index in [9.17, 15) is 5.11 Å². The molecule has 3 heteroatoms. The van der Waals surface area contributed by atoms with Crippen molar-refractivity contribution in [2.24, 2.45) is 5.41 Å². The van der Waals surface area contributed by atoms with Crippen LogP contribution in [0.15, 0.2) is 15.9 Å². The van der Waals surface area contributed by atoms with Crippen molar-refractivity contribution >= 4 is 27.3 Å². The van der Waals surface area contributed by atoms with Gasteiger partial charge in [-0.1, -0.05) is 26.2 Å². The lowest BCUT2D eigenvalue weighted by atomic mass is 9.71. The first kappa shape index (κ1) is 11.6. The zero-order valence-electron chi connectivity index (χ0n) is 9.00. The van der Waals surface area contributed by atoms with Crippen LogP contribution in [0, 0.1) is 5.41 Å². The summed E-state index contributed by atoms with van der Waals surface area (Å²) in [5.74, 6) is 0. The van der Waals surface area contributed by atoms with E-state index in [2.05, 4.69) is 22.9 Å². The SMILES string of the molecule is CC1(C(O)c2ccc(Br)s2)CCCCC1. The van der Waals surface area contributed by atoms with E-state index in [0.717, 1.165) is 21.5 Å². The van der Waals surface area contributed by atoms with Crippen molar-refractivity contribution in [2.45, 2.75) is 45.1 Å². The Bertz CT molecular complexity index is 328. The number of aliphatic hydroxyl groups is 1. The molecule has 0 spiro atoms. The Labute approximate surface area is 104 Å². The molecule has 0 amide bonds. The average Bonchev–Trinajstić information content (AvgIpc) is 2.65. The molecular weight excluding hydrogens is 272 g/mol. The van der Waals surface area contributed by atoms with Crippen LogP contribution in [0.4, 0.5) is 0 Å². The third-order valence-electron chi connectivity index (χ3n) is 3.52. The van der Waals surface area contributed by atoms with E-state index in [0.29, 0.717) is 0 Å². The second-order valence-electron chi connectivity index (χ2n) is 4.76. The Morgan fingerprint density at radius 1 is 1.33 bits per heavy atom. The molecule has 1 heterocycles. The van der Waals surface area contributed by atoms with E-state index < -0.39 is 0 Å². The number of aliphatic hydroxyl groups excluding tert-OH is 1. The van der Waals surface area contributed by atoms with Gasteiger partial charge >= 0.3 is 0 Å². The summed E-state index contributed by atoms with van der Waals surface area (Å²) in [6.07, 6.45) is 5.89. The zero-order valence-corrected chi connectivity index (χ0v) is 11.4. The summed E-state index contributed by atoms with van der Waals surface area (Å²) in [5, 5.41) is 10.4. The van der Waals surface area contributed by atoms with Crippen molar-refractivity contribution in [2.75, 3.05) is 0 Å². The highest BCUT2D eigenvalue weighted by Gasteiger charge is 2.35. The molecule has 1 aliphatic carbocycles. The molecule has 15 heavy (non-hydrogen) atoms. The summed E-state index contributed by atoms with van der Waals surface area (Å²) in [6.45, 7) is 2.23. The minimum atomic E-state index is -0.283. The zero-order chi connectivity index (χ0) is 10.9. The van der Waals surface area contributed by atoms with Crippen LogP contribution in [0.2, 0.25) is 0 Å². The van der Waals surface area contributed by atoms with Gasteiger partial charge in [0.25, 0.3) is 0 Å². The van der Waals surface area contributed by atoms with Gasteiger partial charge in [-0.15, -0.1) is 11.3 Å². The third kappa shape index (κ3) is 2.45. The monoisotopic (exact) mass is 288 g/mol. The van der Waals surface area contributed by atoms with E-state index in [4.69, 9.17) is 0 Å². The minimum Gasteiger partial charge on any atom is -0.387 e. The number of hydrogen-bond donors (Lipinski definition) is 1. The van der Waals surface area contributed by atoms with Crippen molar-refractivity contribution in [3.05, 3.63) is 20.8 Å². The van der Waals surface area contributed by atoms with Gasteiger partial charge in [0, 0.05) is 4.88 Å². The maximum atomic E-state index is 10.4. The van der Waals surface area contributed by atoms with Gasteiger partial charge in [-0.25, -0.2) is 0 Å². The van der Waals surface area contributed by atoms with E-state index in [-0.39, 0.29) is 11.5 Å². The van der Waals surface area contributed by atoms with E-state index in [1.807, 2.05) is 12.1 Å². The molecule has 1 aromatic heterocycles. The Morgan fingerprint density at radius 2 is 2.00 bits per heavy atom. The molecule has 1 fully saturated rings. The normalized spacial score (nSPS) is 22.6. The standard InChI is InChI=1S/C12H17BrOS/c1-12(7-3-2-4-8-12)11(14)9-5-6-10(13)15-9/h5-6,11,14H,2-4,7-8H2,1H3. The second kappa shape index (κ2) is 4.56.